The van der Waals surface area contributed by atoms with Gasteiger partial charge < -0.3 is 14.4 Å². The van der Waals surface area contributed by atoms with Crippen LogP contribution in [0.3, 0.4) is 0 Å². The van der Waals surface area contributed by atoms with E-state index in [1.54, 1.807) is 0 Å². The van der Waals surface area contributed by atoms with Gasteiger partial charge in [0.05, 0.1) is 5.69 Å². The van der Waals surface area contributed by atoms with Crippen molar-refractivity contribution in [2.45, 2.75) is 26.2 Å². The molecule has 0 amide bonds. The van der Waals surface area contributed by atoms with E-state index in [1.165, 1.54) is 27.3 Å². The lowest BCUT2D eigenvalue weighted by Gasteiger charge is -2.36. The maximum Gasteiger partial charge on any atom is 0.261 e. The van der Waals surface area contributed by atoms with Gasteiger partial charge in [-0.1, -0.05) is 99.6 Å². The molecule has 8 rings (SSSR count). The SMILES string of the molecule is CC(C)(C)c1cc2c3c(c1)Oc1cc(N(c4ccccc4)c4ccccc4)c4ccccc4c1B3c1ccccc1O2. The zero-order valence-corrected chi connectivity index (χ0v) is 24.0. The van der Waals surface area contributed by atoms with Crippen molar-refractivity contribution >= 4 is 50.9 Å². The molecule has 6 aromatic rings. The van der Waals surface area contributed by atoms with Gasteiger partial charge in [0, 0.05) is 28.3 Å². The first kappa shape index (κ1) is 24.8. The van der Waals surface area contributed by atoms with Crippen LogP contribution in [0, 0.1) is 0 Å². The van der Waals surface area contributed by atoms with E-state index in [1.807, 2.05) is 0 Å². The molecule has 2 aliphatic heterocycles. The third-order valence-corrected chi connectivity index (χ3v) is 8.51. The second-order valence-corrected chi connectivity index (χ2v) is 12.2. The second kappa shape index (κ2) is 9.29. The molecule has 0 radical (unpaired) electrons. The normalized spacial score (nSPS) is 13.0. The minimum absolute atomic E-state index is 0.00133. The molecule has 0 aromatic heterocycles. The van der Waals surface area contributed by atoms with Gasteiger partial charge in [0.2, 0.25) is 0 Å². The van der Waals surface area contributed by atoms with E-state index in [0.29, 0.717) is 0 Å². The van der Waals surface area contributed by atoms with Crippen LogP contribution < -0.4 is 30.8 Å². The maximum absolute atomic E-state index is 6.94. The molecular weight excluding hydrogens is 513 g/mol. The Morgan fingerprint density at radius 1 is 0.524 bits per heavy atom. The van der Waals surface area contributed by atoms with Crippen molar-refractivity contribution in [1.82, 2.24) is 0 Å². The van der Waals surface area contributed by atoms with Gasteiger partial charge in [-0.25, -0.2) is 0 Å². The van der Waals surface area contributed by atoms with Crippen molar-refractivity contribution in [1.29, 1.82) is 0 Å². The predicted octanol–water partition coefficient (Wildman–Crippen LogP) is 8.33. The Kier molecular flexibility index (Phi) is 5.49. The Hall–Kier alpha value is -4.96. The van der Waals surface area contributed by atoms with Gasteiger partial charge >= 0.3 is 0 Å². The van der Waals surface area contributed by atoms with E-state index in [-0.39, 0.29) is 12.1 Å². The zero-order valence-electron chi connectivity index (χ0n) is 24.0. The Morgan fingerprint density at radius 3 is 1.69 bits per heavy atom. The quantitative estimate of drug-likeness (QED) is 0.209. The Morgan fingerprint density at radius 2 is 1.05 bits per heavy atom. The van der Waals surface area contributed by atoms with Crippen molar-refractivity contribution in [3.8, 4) is 23.0 Å². The molecule has 0 spiro atoms. The third kappa shape index (κ3) is 3.83. The number of benzene rings is 6. The number of ether oxygens (including phenoxy) is 2. The maximum atomic E-state index is 6.94. The second-order valence-electron chi connectivity index (χ2n) is 12.2. The Balaban J connectivity index is 1.44. The van der Waals surface area contributed by atoms with Crippen molar-refractivity contribution in [2.75, 3.05) is 4.90 Å². The molecule has 0 fully saturated rings. The molecule has 0 atom stereocenters. The van der Waals surface area contributed by atoms with Gasteiger partial charge in [-0.05, 0) is 69.8 Å². The van der Waals surface area contributed by atoms with Crippen LogP contribution in [0.5, 0.6) is 23.0 Å². The molecule has 4 heteroatoms. The average molecular weight is 543 g/mol. The number of hydrogen-bond donors (Lipinski definition) is 0. The number of hydrogen-bond acceptors (Lipinski definition) is 3. The van der Waals surface area contributed by atoms with Gasteiger partial charge in [-0.15, -0.1) is 0 Å². The van der Waals surface area contributed by atoms with E-state index >= 15 is 0 Å². The fourth-order valence-electron chi connectivity index (χ4n) is 6.49. The van der Waals surface area contributed by atoms with Gasteiger partial charge in [0.15, 0.2) is 0 Å². The number of anilines is 3. The summed E-state index contributed by atoms with van der Waals surface area (Å²) in [6.45, 7) is 6.69. The molecule has 202 valence electrons. The molecule has 0 bridgehead atoms. The number of rotatable bonds is 3. The highest BCUT2D eigenvalue weighted by atomic mass is 16.5. The zero-order chi connectivity index (χ0) is 28.4. The van der Waals surface area contributed by atoms with E-state index in [2.05, 4.69) is 153 Å². The van der Waals surface area contributed by atoms with Crippen molar-refractivity contribution in [2.24, 2.45) is 0 Å². The summed E-state index contributed by atoms with van der Waals surface area (Å²) in [6.07, 6.45) is 0. The molecule has 0 aliphatic carbocycles. The minimum Gasteiger partial charge on any atom is -0.458 e. The summed E-state index contributed by atoms with van der Waals surface area (Å²) in [5.74, 6) is 3.54. The van der Waals surface area contributed by atoms with Gasteiger partial charge in [0.25, 0.3) is 6.71 Å². The highest BCUT2D eigenvalue weighted by molar-refractivity contribution is 6.99. The lowest BCUT2D eigenvalue weighted by Crippen LogP contribution is -2.57. The van der Waals surface area contributed by atoms with Crippen LogP contribution in [0.15, 0.2) is 127 Å². The van der Waals surface area contributed by atoms with Crippen LogP contribution in [0.1, 0.15) is 26.3 Å². The molecule has 0 saturated heterocycles. The molecule has 6 aromatic carbocycles. The standard InChI is InChI=1S/C38H30BNO2/c1-38(2,3)25-22-33-37-34(23-25)42-35-24-31(40(26-14-6-4-7-15-26)27-16-8-5-9-17-27)28-18-10-11-19-29(28)36(35)39(37)30-20-12-13-21-32(30)41-33/h4-24H,1-3H3. The first-order chi connectivity index (χ1) is 20.5. The van der Waals surface area contributed by atoms with Crippen LogP contribution in [-0.4, -0.2) is 6.71 Å². The monoisotopic (exact) mass is 543 g/mol. The highest BCUT2D eigenvalue weighted by Crippen LogP contribution is 2.44. The highest BCUT2D eigenvalue weighted by Gasteiger charge is 2.42. The molecule has 2 aliphatic rings. The molecular formula is C38H30BNO2. The number of para-hydroxylation sites is 3. The number of fused-ring (bicyclic) bond motifs is 6. The van der Waals surface area contributed by atoms with Gasteiger partial charge in [0.1, 0.15) is 23.0 Å². The summed E-state index contributed by atoms with van der Waals surface area (Å²) in [6, 6.07) is 45.0. The first-order valence-electron chi connectivity index (χ1n) is 14.6. The van der Waals surface area contributed by atoms with E-state index in [0.717, 1.165) is 45.5 Å². The summed E-state index contributed by atoms with van der Waals surface area (Å²) in [5, 5.41) is 2.35. The number of nitrogens with zero attached hydrogens (tertiary/aromatic N) is 1. The third-order valence-electron chi connectivity index (χ3n) is 8.51. The summed E-state index contributed by atoms with van der Waals surface area (Å²) in [5.41, 5.74) is 7.86. The van der Waals surface area contributed by atoms with E-state index in [4.69, 9.17) is 9.47 Å². The van der Waals surface area contributed by atoms with Gasteiger partial charge in [-0.2, -0.15) is 0 Å². The summed E-state index contributed by atoms with van der Waals surface area (Å²) in [4.78, 5) is 2.33. The summed E-state index contributed by atoms with van der Waals surface area (Å²) in [7, 11) is 0. The van der Waals surface area contributed by atoms with Crippen LogP contribution in [-0.2, 0) is 5.41 Å². The summed E-state index contributed by atoms with van der Waals surface area (Å²) < 4.78 is 13.5. The summed E-state index contributed by atoms with van der Waals surface area (Å²) >= 11 is 0. The van der Waals surface area contributed by atoms with Crippen LogP contribution in [0.25, 0.3) is 10.8 Å². The molecule has 0 saturated carbocycles. The van der Waals surface area contributed by atoms with Crippen molar-refractivity contribution < 1.29 is 9.47 Å². The van der Waals surface area contributed by atoms with Gasteiger partial charge in [-0.3, -0.25) is 0 Å². The van der Waals surface area contributed by atoms with Crippen LogP contribution in [0.2, 0.25) is 0 Å². The Bertz CT molecular complexity index is 1940. The topological polar surface area (TPSA) is 21.7 Å². The molecule has 2 heterocycles. The van der Waals surface area contributed by atoms with Crippen LogP contribution >= 0.6 is 0 Å². The van der Waals surface area contributed by atoms with Crippen molar-refractivity contribution in [3.05, 3.63) is 133 Å². The van der Waals surface area contributed by atoms with E-state index < -0.39 is 0 Å². The average Bonchev–Trinajstić information content (AvgIpc) is 3.01. The predicted molar refractivity (Wildman–Crippen MR) is 175 cm³/mol. The fraction of sp³-hybridized carbons (Fsp3) is 0.105. The first-order valence-corrected chi connectivity index (χ1v) is 14.6. The molecule has 0 unspecified atom stereocenters. The minimum atomic E-state index is -0.0586. The van der Waals surface area contributed by atoms with Crippen molar-refractivity contribution in [3.63, 3.8) is 0 Å². The molecule has 3 nitrogen and oxygen atoms in total. The largest absolute Gasteiger partial charge is 0.458 e. The lowest BCUT2D eigenvalue weighted by molar-refractivity contribution is 0.459. The molecule has 42 heavy (non-hydrogen) atoms. The van der Waals surface area contributed by atoms with E-state index in [9.17, 15) is 0 Å². The van der Waals surface area contributed by atoms with Crippen LogP contribution in [0.4, 0.5) is 17.1 Å². The molecule has 0 N–H and O–H groups in total. The lowest BCUT2D eigenvalue weighted by atomic mass is 9.34. The fourth-order valence-corrected chi connectivity index (χ4v) is 6.49. The smallest absolute Gasteiger partial charge is 0.261 e. The Labute approximate surface area is 247 Å².